The molecule has 7 heteroatoms. The van der Waals surface area contributed by atoms with E-state index in [-0.39, 0.29) is 4.92 Å². The Morgan fingerprint density at radius 2 is 1.76 bits per heavy atom. The van der Waals surface area contributed by atoms with Crippen molar-refractivity contribution in [2.24, 2.45) is 0 Å². The minimum atomic E-state index is -0.979. The van der Waals surface area contributed by atoms with Gasteiger partial charge in [-0.1, -0.05) is 58.4 Å². The van der Waals surface area contributed by atoms with Crippen LogP contribution in [0.25, 0.3) is 0 Å². The number of benzene rings is 2. The van der Waals surface area contributed by atoms with E-state index >= 15 is 0 Å². The molecule has 2 aromatic carbocycles. The monoisotopic (exact) mass is 404 g/mol. The van der Waals surface area contributed by atoms with Crippen LogP contribution in [-0.2, 0) is 9.53 Å². The van der Waals surface area contributed by atoms with Gasteiger partial charge < -0.3 is 4.74 Å². The number of hydrogen-bond acceptors (Lipinski definition) is 5. The van der Waals surface area contributed by atoms with Crippen LogP contribution in [0.4, 0.5) is 0 Å². The fourth-order valence-electron chi connectivity index (χ4n) is 3.42. The van der Waals surface area contributed by atoms with Crippen molar-refractivity contribution in [3.63, 3.8) is 0 Å². The lowest BCUT2D eigenvalue weighted by atomic mass is 9.85. The Morgan fingerprint density at radius 3 is 2.32 bits per heavy atom. The van der Waals surface area contributed by atoms with Crippen LogP contribution in [-0.4, -0.2) is 30.1 Å². The molecule has 4 atom stereocenters. The Morgan fingerprint density at radius 1 is 1.12 bits per heavy atom. The molecule has 2 aromatic rings. The van der Waals surface area contributed by atoms with Crippen LogP contribution < -0.4 is 5.32 Å². The number of nitrogens with one attached hydrogen (secondary N) is 1. The van der Waals surface area contributed by atoms with Crippen molar-refractivity contribution in [2.75, 3.05) is 7.11 Å². The standard InChI is InChI=1S/C18H17BrN2O4/c1-25-18(22)16-14(11-7-9-13(19)10-8-11)17(21(23)24)15(20-16)12-5-3-2-4-6-12/h2-10,14-17,20H,1H3/t14-,15-,16-,17+/m0/s1. The van der Waals surface area contributed by atoms with Crippen LogP contribution in [0.5, 0.6) is 0 Å². The lowest BCUT2D eigenvalue weighted by molar-refractivity contribution is -0.527. The molecule has 0 spiro atoms. The Bertz CT molecular complexity index is 766. The fraction of sp³-hybridized carbons (Fsp3) is 0.278. The maximum atomic E-state index is 12.3. The molecule has 1 aliphatic rings. The molecule has 1 aliphatic heterocycles. The minimum absolute atomic E-state index is 0.305. The van der Waals surface area contributed by atoms with Gasteiger partial charge in [0.15, 0.2) is 0 Å². The zero-order valence-corrected chi connectivity index (χ0v) is 15.0. The van der Waals surface area contributed by atoms with Crippen molar-refractivity contribution in [3.8, 4) is 0 Å². The quantitative estimate of drug-likeness (QED) is 0.481. The molecule has 0 saturated carbocycles. The molecule has 0 radical (unpaired) electrons. The highest BCUT2D eigenvalue weighted by atomic mass is 79.9. The summed E-state index contributed by atoms with van der Waals surface area (Å²) in [5.74, 6) is -1.13. The number of nitrogens with zero attached hydrogens (tertiary/aromatic N) is 1. The van der Waals surface area contributed by atoms with E-state index in [2.05, 4.69) is 21.2 Å². The molecule has 1 saturated heterocycles. The molecule has 1 N–H and O–H groups in total. The predicted octanol–water partition coefficient (Wildman–Crippen LogP) is 3.06. The molecule has 0 unspecified atom stereocenters. The SMILES string of the molecule is COC(=O)[C@H]1N[C@@H](c2ccccc2)[C@H]([N+](=O)[O-])[C@H]1c1ccc(Br)cc1. The van der Waals surface area contributed by atoms with Gasteiger partial charge in [0.2, 0.25) is 6.04 Å². The van der Waals surface area contributed by atoms with Crippen molar-refractivity contribution in [3.05, 3.63) is 80.3 Å². The van der Waals surface area contributed by atoms with Crippen LogP contribution in [0.1, 0.15) is 23.1 Å². The van der Waals surface area contributed by atoms with Crippen LogP contribution in [0, 0.1) is 10.1 Å². The molecule has 25 heavy (non-hydrogen) atoms. The summed E-state index contributed by atoms with van der Waals surface area (Å²) < 4.78 is 5.76. The van der Waals surface area contributed by atoms with E-state index in [4.69, 9.17) is 4.74 Å². The first-order valence-electron chi connectivity index (χ1n) is 7.80. The van der Waals surface area contributed by atoms with Gasteiger partial charge in [0.1, 0.15) is 12.1 Å². The Hall–Kier alpha value is -2.25. The van der Waals surface area contributed by atoms with Crippen molar-refractivity contribution < 1.29 is 14.5 Å². The third-order valence-corrected chi connectivity index (χ3v) is 5.07. The average molecular weight is 405 g/mol. The third-order valence-electron chi connectivity index (χ3n) is 4.54. The molecule has 1 heterocycles. The number of carbonyl (C=O) groups excluding carboxylic acids is 1. The second-order valence-corrected chi connectivity index (χ2v) is 6.82. The van der Waals surface area contributed by atoms with Crippen molar-refractivity contribution >= 4 is 21.9 Å². The van der Waals surface area contributed by atoms with E-state index in [1.165, 1.54) is 7.11 Å². The number of methoxy groups -OCH3 is 1. The fourth-order valence-corrected chi connectivity index (χ4v) is 3.69. The Labute approximate surface area is 153 Å². The van der Waals surface area contributed by atoms with Gasteiger partial charge in [0, 0.05) is 9.40 Å². The van der Waals surface area contributed by atoms with Gasteiger partial charge >= 0.3 is 5.97 Å². The third kappa shape index (κ3) is 3.43. The maximum absolute atomic E-state index is 12.3. The number of ether oxygens (including phenoxy) is 1. The lowest BCUT2D eigenvalue weighted by Gasteiger charge is -2.19. The average Bonchev–Trinajstić information content (AvgIpc) is 3.03. The van der Waals surface area contributed by atoms with Crippen molar-refractivity contribution in [2.45, 2.75) is 24.0 Å². The van der Waals surface area contributed by atoms with E-state index in [9.17, 15) is 14.9 Å². The molecule has 0 bridgehead atoms. The van der Waals surface area contributed by atoms with Crippen LogP contribution in [0.3, 0.4) is 0 Å². The molecule has 0 amide bonds. The highest BCUT2D eigenvalue weighted by molar-refractivity contribution is 9.10. The predicted molar refractivity (Wildman–Crippen MR) is 95.8 cm³/mol. The lowest BCUT2D eigenvalue weighted by Crippen LogP contribution is -2.37. The zero-order valence-electron chi connectivity index (χ0n) is 13.5. The zero-order chi connectivity index (χ0) is 18.0. The van der Waals surface area contributed by atoms with Crippen LogP contribution in [0.15, 0.2) is 59.1 Å². The smallest absolute Gasteiger partial charge is 0.323 e. The Balaban J connectivity index is 2.08. The second kappa shape index (κ2) is 7.33. The molecular weight excluding hydrogens is 388 g/mol. The molecule has 0 aliphatic carbocycles. The summed E-state index contributed by atoms with van der Waals surface area (Å²) in [6.45, 7) is 0. The molecule has 1 fully saturated rings. The molecular formula is C18H17BrN2O4. The van der Waals surface area contributed by atoms with E-state index < -0.39 is 30.0 Å². The molecule has 6 nitrogen and oxygen atoms in total. The van der Waals surface area contributed by atoms with Crippen LogP contribution >= 0.6 is 15.9 Å². The number of halogens is 1. The number of carbonyl (C=O) groups is 1. The number of hydrogen-bond donors (Lipinski definition) is 1. The van der Waals surface area contributed by atoms with Crippen molar-refractivity contribution in [1.29, 1.82) is 0 Å². The van der Waals surface area contributed by atoms with Gasteiger partial charge in [-0.05, 0) is 23.3 Å². The van der Waals surface area contributed by atoms with Gasteiger partial charge in [0.05, 0.1) is 13.0 Å². The summed E-state index contributed by atoms with van der Waals surface area (Å²) in [6.07, 6.45) is 0. The van der Waals surface area contributed by atoms with Gasteiger partial charge in [-0.3, -0.25) is 20.2 Å². The number of esters is 1. The summed E-state index contributed by atoms with van der Waals surface area (Å²) in [5.41, 5.74) is 1.50. The summed E-state index contributed by atoms with van der Waals surface area (Å²) in [6, 6.07) is 14.1. The number of nitro groups is 1. The maximum Gasteiger partial charge on any atom is 0.323 e. The van der Waals surface area contributed by atoms with Gasteiger partial charge in [-0.2, -0.15) is 0 Å². The minimum Gasteiger partial charge on any atom is -0.468 e. The van der Waals surface area contributed by atoms with E-state index in [0.29, 0.717) is 0 Å². The van der Waals surface area contributed by atoms with Gasteiger partial charge in [0.25, 0.3) is 0 Å². The summed E-state index contributed by atoms with van der Waals surface area (Å²) in [4.78, 5) is 23.9. The first-order valence-corrected chi connectivity index (χ1v) is 8.60. The highest BCUT2D eigenvalue weighted by Crippen LogP contribution is 2.40. The largest absolute Gasteiger partial charge is 0.468 e. The van der Waals surface area contributed by atoms with Gasteiger partial charge in [-0.15, -0.1) is 0 Å². The molecule has 130 valence electrons. The van der Waals surface area contributed by atoms with E-state index in [1.807, 2.05) is 42.5 Å². The second-order valence-electron chi connectivity index (χ2n) is 5.91. The Kier molecular flexibility index (Phi) is 5.15. The molecule has 0 aromatic heterocycles. The molecule has 3 rings (SSSR count). The van der Waals surface area contributed by atoms with Crippen molar-refractivity contribution in [1.82, 2.24) is 5.32 Å². The highest BCUT2D eigenvalue weighted by Gasteiger charge is 2.54. The van der Waals surface area contributed by atoms with E-state index in [1.54, 1.807) is 12.1 Å². The summed E-state index contributed by atoms with van der Waals surface area (Å²) in [7, 11) is 1.29. The summed E-state index contributed by atoms with van der Waals surface area (Å²) >= 11 is 3.36. The first-order chi connectivity index (χ1) is 12.0. The van der Waals surface area contributed by atoms with Gasteiger partial charge in [-0.25, -0.2) is 0 Å². The van der Waals surface area contributed by atoms with Crippen LogP contribution in [0.2, 0.25) is 0 Å². The topological polar surface area (TPSA) is 81.5 Å². The summed E-state index contributed by atoms with van der Waals surface area (Å²) in [5, 5.41) is 15.0. The first kappa shape index (κ1) is 17.6. The van der Waals surface area contributed by atoms with E-state index in [0.717, 1.165) is 15.6 Å². The number of rotatable bonds is 4. The normalized spacial score (nSPS) is 25.5.